The summed E-state index contributed by atoms with van der Waals surface area (Å²) < 4.78 is 0. The highest BCUT2D eigenvalue weighted by molar-refractivity contribution is 6.01. The first-order valence-corrected chi connectivity index (χ1v) is 10.5. The molecular weight excluding hydrogens is 360 g/mol. The van der Waals surface area contributed by atoms with Crippen LogP contribution in [-0.4, -0.2) is 40.7 Å². The lowest BCUT2D eigenvalue weighted by Gasteiger charge is -2.35. The van der Waals surface area contributed by atoms with Crippen molar-refractivity contribution in [3.63, 3.8) is 0 Å². The number of nitrogens with zero attached hydrogens (tertiary/aromatic N) is 2. The summed E-state index contributed by atoms with van der Waals surface area (Å²) in [5.41, 5.74) is 4.27. The van der Waals surface area contributed by atoms with Crippen molar-refractivity contribution in [2.75, 3.05) is 13.1 Å². The van der Waals surface area contributed by atoms with Crippen LogP contribution in [0.2, 0.25) is 0 Å². The third kappa shape index (κ3) is 3.98. The molecule has 0 aliphatic carbocycles. The van der Waals surface area contributed by atoms with Crippen LogP contribution in [0.1, 0.15) is 48.2 Å². The predicted molar refractivity (Wildman–Crippen MR) is 115 cm³/mol. The molecule has 1 atom stereocenters. The fraction of sp³-hybridized carbons (Fsp3) is 0.360. The van der Waals surface area contributed by atoms with E-state index in [1.807, 2.05) is 47.4 Å². The summed E-state index contributed by atoms with van der Waals surface area (Å²) in [4.78, 5) is 30.1. The van der Waals surface area contributed by atoms with Gasteiger partial charge in [-0.3, -0.25) is 9.59 Å². The van der Waals surface area contributed by atoms with Gasteiger partial charge in [-0.25, -0.2) is 0 Å². The predicted octanol–water partition coefficient (Wildman–Crippen LogP) is 4.37. The van der Waals surface area contributed by atoms with Crippen LogP contribution in [0.25, 0.3) is 5.57 Å². The van der Waals surface area contributed by atoms with Crippen LogP contribution in [0, 0.1) is 5.92 Å². The molecule has 0 saturated heterocycles. The van der Waals surface area contributed by atoms with Gasteiger partial charge in [0.15, 0.2) is 0 Å². The van der Waals surface area contributed by atoms with Gasteiger partial charge >= 0.3 is 0 Å². The molecule has 0 N–H and O–H groups in total. The number of hydrogen-bond acceptors (Lipinski definition) is 2. The molecule has 0 bridgehead atoms. The molecular formula is C25H28N2O2. The van der Waals surface area contributed by atoms with Crippen LogP contribution in [0.3, 0.4) is 0 Å². The first-order valence-electron chi connectivity index (χ1n) is 10.5. The Morgan fingerprint density at radius 1 is 1.03 bits per heavy atom. The molecule has 2 amide bonds. The highest BCUT2D eigenvalue weighted by atomic mass is 16.2. The topological polar surface area (TPSA) is 40.6 Å². The molecule has 150 valence electrons. The standard InChI is InChI=1S/C25H28N2O2/c1-18(2)16-23(27-17-21-10-6-7-11-22(21)24(27)28)25(29)26-14-12-20(13-15-26)19-8-4-3-5-9-19/h3-12,18,23H,13-17H2,1-2H3/t23-/m0/s1. The van der Waals surface area contributed by atoms with E-state index in [4.69, 9.17) is 0 Å². The zero-order chi connectivity index (χ0) is 20.4. The van der Waals surface area contributed by atoms with Crippen molar-refractivity contribution in [3.8, 4) is 0 Å². The zero-order valence-electron chi connectivity index (χ0n) is 17.2. The average molecular weight is 389 g/mol. The van der Waals surface area contributed by atoms with Crippen molar-refractivity contribution in [1.82, 2.24) is 9.80 Å². The fourth-order valence-electron chi connectivity index (χ4n) is 4.33. The first kappa shape index (κ1) is 19.4. The molecule has 0 spiro atoms. The Kier molecular flexibility index (Phi) is 5.52. The first-order chi connectivity index (χ1) is 14.0. The summed E-state index contributed by atoms with van der Waals surface area (Å²) >= 11 is 0. The number of benzene rings is 2. The Labute approximate surface area is 172 Å². The maximum atomic E-state index is 13.5. The quantitative estimate of drug-likeness (QED) is 0.763. The van der Waals surface area contributed by atoms with Crippen molar-refractivity contribution < 1.29 is 9.59 Å². The molecule has 29 heavy (non-hydrogen) atoms. The number of fused-ring (bicyclic) bond motifs is 1. The Hall–Kier alpha value is -2.88. The van der Waals surface area contributed by atoms with Gasteiger partial charge in [-0.1, -0.05) is 68.5 Å². The Morgan fingerprint density at radius 3 is 2.41 bits per heavy atom. The van der Waals surface area contributed by atoms with Gasteiger partial charge in [0.25, 0.3) is 5.91 Å². The molecule has 0 radical (unpaired) electrons. The van der Waals surface area contributed by atoms with Gasteiger partial charge in [0, 0.05) is 25.2 Å². The Bertz CT molecular complexity index is 933. The summed E-state index contributed by atoms with van der Waals surface area (Å²) in [7, 11) is 0. The second-order valence-corrected chi connectivity index (χ2v) is 8.37. The van der Waals surface area contributed by atoms with Crippen molar-refractivity contribution in [2.24, 2.45) is 5.92 Å². The van der Waals surface area contributed by atoms with Gasteiger partial charge in [-0.2, -0.15) is 0 Å². The molecule has 2 aliphatic rings. The molecule has 2 aromatic rings. The van der Waals surface area contributed by atoms with E-state index in [1.165, 1.54) is 11.1 Å². The van der Waals surface area contributed by atoms with E-state index in [-0.39, 0.29) is 11.8 Å². The smallest absolute Gasteiger partial charge is 0.255 e. The average Bonchev–Trinajstić information content (AvgIpc) is 3.09. The number of carbonyl (C=O) groups excluding carboxylic acids is 2. The second kappa shape index (κ2) is 8.24. The van der Waals surface area contributed by atoms with Crippen molar-refractivity contribution >= 4 is 17.4 Å². The highest BCUT2D eigenvalue weighted by Crippen LogP contribution is 2.29. The van der Waals surface area contributed by atoms with Crippen LogP contribution >= 0.6 is 0 Å². The molecule has 4 nitrogen and oxygen atoms in total. The monoisotopic (exact) mass is 388 g/mol. The molecule has 4 heteroatoms. The molecule has 0 unspecified atom stereocenters. The number of carbonyl (C=O) groups is 2. The number of amides is 2. The molecule has 0 aromatic heterocycles. The van der Waals surface area contributed by atoms with E-state index in [0.717, 1.165) is 17.5 Å². The van der Waals surface area contributed by atoms with E-state index in [0.29, 0.717) is 32.0 Å². The lowest BCUT2D eigenvalue weighted by molar-refractivity contribution is -0.136. The molecule has 2 aromatic carbocycles. The van der Waals surface area contributed by atoms with E-state index < -0.39 is 6.04 Å². The lowest BCUT2D eigenvalue weighted by Crippen LogP contribution is -2.50. The van der Waals surface area contributed by atoms with Gasteiger partial charge in [0.05, 0.1) is 0 Å². The maximum absolute atomic E-state index is 13.5. The van der Waals surface area contributed by atoms with Gasteiger partial charge in [-0.05, 0) is 41.5 Å². The molecule has 0 saturated carbocycles. The Balaban J connectivity index is 1.52. The van der Waals surface area contributed by atoms with Crippen LogP contribution in [0.4, 0.5) is 0 Å². The minimum Gasteiger partial charge on any atom is -0.337 e. The van der Waals surface area contributed by atoms with Crippen molar-refractivity contribution in [3.05, 3.63) is 77.4 Å². The minimum atomic E-state index is -0.401. The molecule has 0 fully saturated rings. The van der Waals surface area contributed by atoms with E-state index >= 15 is 0 Å². The van der Waals surface area contributed by atoms with Gasteiger partial charge < -0.3 is 9.80 Å². The molecule has 2 aliphatic heterocycles. The van der Waals surface area contributed by atoms with Crippen LogP contribution in [0.5, 0.6) is 0 Å². The summed E-state index contributed by atoms with van der Waals surface area (Å²) in [5, 5.41) is 0. The summed E-state index contributed by atoms with van der Waals surface area (Å²) in [6, 6.07) is 17.6. The van der Waals surface area contributed by atoms with Crippen LogP contribution in [-0.2, 0) is 11.3 Å². The Morgan fingerprint density at radius 2 is 1.76 bits per heavy atom. The van der Waals surface area contributed by atoms with Crippen LogP contribution in [0.15, 0.2) is 60.7 Å². The van der Waals surface area contributed by atoms with Gasteiger partial charge in [-0.15, -0.1) is 0 Å². The maximum Gasteiger partial charge on any atom is 0.255 e. The van der Waals surface area contributed by atoms with Gasteiger partial charge in [0.1, 0.15) is 6.04 Å². The minimum absolute atomic E-state index is 0.0165. The third-order valence-electron chi connectivity index (χ3n) is 5.87. The number of rotatable bonds is 5. The lowest BCUT2D eigenvalue weighted by atomic mass is 9.97. The SMILES string of the molecule is CC(C)C[C@@H](C(=O)N1CC=C(c2ccccc2)CC1)N1Cc2ccccc2C1=O. The largest absolute Gasteiger partial charge is 0.337 e. The van der Waals surface area contributed by atoms with Gasteiger partial charge in [0.2, 0.25) is 5.91 Å². The zero-order valence-corrected chi connectivity index (χ0v) is 17.2. The summed E-state index contributed by atoms with van der Waals surface area (Å²) in [5.74, 6) is 0.390. The highest BCUT2D eigenvalue weighted by Gasteiger charge is 2.38. The van der Waals surface area contributed by atoms with Crippen LogP contribution < -0.4 is 0 Å². The second-order valence-electron chi connectivity index (χ2n) is 8.37. The summed E-state index contributed by atoms with van der Waals surface area (Å²) in [6.45, 7) is 6.04. The van der Waals surface area contributed by atoms with E-state index in [1.54, 1.807) is 4.90 Å². The molecule has 2 heterocycles. The normalized spacial score (nSPS) is 17.3. The van der Waals surface area contributed by atoms with E-state index in [2.05, 4.69) is 32.1 Å². The number of hydrogen-bond donors (Lipinski definition) is 0. The van der Waals surface area contributed by atoms with E-state index in [9.17, 15) is 9.59 Å². The molecule has 4 rings (SSSR count). The fourth-order valence-corrected chi connectivity index (χ4v) is 4.33. The third-order valence-corrected chi connectivity index (χ3v) is 5.87. The van der Waals surface area contributed by atoms with Crippen molar-refractivity contribution in [2.45, 2.75) is 39.3 Å². The van der Waals surface area contributed by atoms with Crippen molar-refractivity contribution in [1.29, 1.82) is 0 Å². The summed E-state index contributed by atoms with van der Waals surface area (Å²) in [6.07, 6.45) is 3.69.